The SMILES string of the molecule is CCCCC(C)NS(=O)(=O)Cc1ccccc1C(N)=S. The van der Waals surface area contributed by atoms with Gasteiger partial charge in [0.1, 0.15) is 4.99 Å². The van der Waals surface area contributed by atoms with E-state index in [4.69, 9.17) is 18.0 Å². The van der Waals surface area contributed by atoms with Crippen molar-refractivity contribution in [3.63, 3.8) is 0 Å². The zero-order valence-electron chi connectivity index (χ0n) is 11.9. The van der Waals surface area contributed by atoms with Gasteiger partial charge in [-0.05, 0) is 18.9 Å². The lowest BCUT2D eigenvalue weighted by atomic mass is 10.1. The van der Waals surface area contributed by atoms with Gasteiger partial charge < -0.3 is 5.73 Å². The summed E-state index contributed by atoms with van der Waals surface area (Å²) in [5.41, 5.74) is 6.87. The van der Waals surface area contributed by atoms with E-state index in [-0.39, 0.29) is 16.8 Å². The fraction of sp³-hybridized carbons (Fsp3) is 0.500. The van der Waals surface area contributed by atoms with Gasteiger partial charge in [0.25, 0.3) is 0 Å². The zero-order chi connectivity index (χ0) is 15.2. The molecule has 1 aromatic carbocycles. The van der Waals surface area contributed by atoms with E-state index < -0.39 is 10.0 Å². The predicted molar refractivity (Wildman–Crippen MR) is 87.1 cm³/mol. The summed E-state index contributed by atoms with van der Waals surface area (Å²) in [6.45, 7) is 3.96. The second-order valence-electron chi connectivity index (χ2n) is 4.94. The fourth-order valence-electron chi connectivity index (χ4n) is 2.01. The van der Waals surface area contributed by atoms with Crippen LogP contribution < -0.4 is 10.5 Å². The molecule has 112 valence electrons. The van der Waals surface area contributed by atoms with Gasteiger partial charge in [-0.15, -0.1) is 0 Å². The molecule has 6 heteroatoms. The number of hydrogen-bond donors (Lipinski definition) is 2. The molecule has 0 aliphatic heterocycles. The zero-order valence-corrected chi connectivity index (χ0v) is 13.6. The summed E-state index contributed by atoms with van der Waals surface area (Å²) < 4.78 is 27.0. The van der Waals surface area contributed by atoms with E-state index in [1.165, 1.54) is 0 Å². The quantitative estimate of drug-likeness (QED) is 0.722. The monoisotopic (exact) mass is 314 g/mol. The van der Waals surface area contributed by atoms with E-state index in [0.29, 0.717) is 11.1 Å². The third kappa shape index (κ3) is 5.56. The molecule has 20 heavy (non-hydrogen) atoms. The van der Waals surface area contributed by atoms with Crippen molar-refractivity contribution in [2.24, 2.45) is 5.73 Å². The van der Waals surface area contributed by atoms with Gasteiger partial charge in [-0.25, -0.2) is 13.1 Å². The molecule has 0 radical (unpaired) electrons. The van der Waals surface area contributed by atoms with Crippen LogP contribution in [-0.2, 0) is 15.8 Å². The first-order valence-electron chi connectivity index (χ1n) is 6.73. The Kier molecular flexibility index (Phi) is 6.58. The fourth-order valence-corrected chi connectivity index (χ4v) is 3.68. The second kappa shape index (κ2) is 7.71. The molecule has 4 nitrogen and oxygen atoms in total. The van der Waals surface area contributed by atoms with Crippen molar-refractivity contribution >= 4 is 27.2 Å². The van der Waals surface area contributed by atoms with E-state index in [1.54, 1.807) is 24.3 Å². The Morgan fingerprint density at radius 3 is 2.65 bits per heavy atom. The molecular weight excluding hydrogens is 292 g/mol. The number of thiocarbonyl (C=S) groups is 1. The minimum atomic E-state index is -3.39. The minimum absolute atomic E-state index is 0.0584. The average Bonchev–Trinajstić information content (AvgIpc) is 2.35. The number of rotatable bonds is 8. The third-order valence-electron chi connectivity index (χ3n) is 3.00. The van der Waals surface area contributed by atoms with E-state index in [2.05, 4.69) is 11.6 Å². The first-order chi connectivity index (χ1) is 9.35. The van der Waals surface area contributed by atoms with Crippen LogP contribution in [0, 0.1) is 0 Å². The Bertz CT molecular complexity index is 556. The molecule has 0 aliphatic carbocycles. The van der Waals surface area contributed by atoms with Crippen LogP contribution in [0.1, 0.15) is 44.2 Å². The number of hydrogen-bond acceptors (Lipinski definition) is 3. The molecule has 1 aromatic rings. The topological polar surface area (TPSA) is 72.2 Å². The van der Waals surface area contributed by atoms with Crippen LogP contribution >= 0.6 is 12.2 Å². The molecule has 1 unspecified atom stereocenters. The molecule has 0 spiro atoms. The lowest BCUT2D eigenvalue weighted by molar-refractivity contribution is 0.533. The van der Waals surface area contributed by atoms with Crippen molar-refractivity contribution in [3.8, 4) is 0 Å². The highest BCUT2D eigenvalue weighted by Gasteiger charge is 2.17. The van der Waals surface area contributed by atoms with Crippen molar-refractivity contribution in [3.05, 3.63) is 35.4 Å². The third-order valence-corrected chi connectivity index (χ3v) is 4.67. The van der Waals surface area contributed by atoms with Gasteiger partial charge in [-0.1, -0.05) is 56.2 Å². The van der Waals surface area contributed by atoms with Gasteiger partial charge in [0.2, 0.25) is 10.0 Å². The molecule has 0 aromatic heterocycles. The van der Waals surface area contributed by atoms with Gasteiger partial charge >= 0.3 is 0 Å². The highest BCUT2D eigenvalue weighted by Crippen LogP contribution is 2.13. The van der Waals surface area contributed by atoms with Gasteiger partial charge in [0.15, 0.2) is 0 Å². The standard InChI is InChI=1S/C14H22N2O2S2/c1-3-4-7-11(2)16-20(17,18)10-12-8-5-6-9-13(12)14(15)19/h5-6,8-9,11,16H,3-4,7,10H2,1-2H3,(H2,15,19). The molecule has 0 aliphatic rings. The van der Waals surface area contributed by atoms with E-state index >= 15 is 0 Å². The summed E-state index contributed by atoms with van der Waals surface area (Å²) in [6, 6.07) is 7.00. The molecule has 0 saturated heterocycles. The normalized spacial score (nSPS) is 13.1. The van der Waals surface area contributed by atoms with Crippen LogP contribution in [0.3, 0.4) is 0 Å². The van der Waals surface area contributed by atoms with Crippen molar-refractivity contribution in [2.75, 3.05) is 0 Å². The van der Waals surface area contributed by atoms with Crippen molar-refractivity contribution in [1.29, 1.82) is 0 Å². The molecule has 1 atom stereocenters. The van der Waals surface area contributed by atoms with Gasteiger partial charge in [0.05, 0.1) is 5.75 Å². The molecule has 0 saturated carbocycles. The maximum atomic E-state index is 12.2. The van der Waals surface area contributed by atoms with Crippen LogP contribution in [0.2, 0.25) is 0 Å². The summed E-state index contributed by atoms with van der Waals surface area (Å²) in [5, 5.41) is 0. The highest BCUT2D eigenvalue weighted by molar-refractivity contribution is 7.88. The number of sulfonamides is 1. The largest absolute Gasteiger partial charge is 0.389 e. The number of nitrogens with two attached hydrogens (primary N) is 1. The van der Waals surface area contributed by atoms with Crippen molar-refractivity contribution in [2.45, 2.75) is 44.9 Å². The average molecular weight is 314 g/mol. The first-order valence-corrected chi connectivity index (χ1v) is 8.79. The van der Waals surface area contributed by atoms with Crippen LogP contribution in [0.15, 0.2) is 24.3 Å². The summed E-state index contributed by atoms with van der Waals surface area (Å²) in [5.74, 6) is -0.100. The molecule has 3 N–H and O–H groups in total. The highest BCUT2D eigenvalue weighted by atomic mass is 32.2. The molecular formula is C14H22N2O2S2. The minimum Gasteiger partial charge on any atom is -0.389 e. The molecule has 0 bridgehead atoms. The van der Waals surface area contributed by atoms with Crippen LogP contribution in [0.4, 0.5) is 0 Å². The lowest BCUT2D eigenvalue weighted by Crippen LogP contribution is -2.33. The Labute approximate surface area is 126 Å². The summed E-state index contributed by atoms with van der Waals surface area (Å²) in [4.78, 5) is 0.217. The Balaban J connectivity index is 2.79. The summed E-state index contributed by atoms with van der Waals surface area (Å²) in [7, 11) is -3.39. The molecule has 0 amide bonds. The lowest BCUT2D eigenvalue weighted by Gasteiger charge is -2.15. The van der Waals surface area contributed by atoms with Crippen molar-refractivity contribution < 1.29 is 8.42 Å². The number of nitrogens with one attached hydrogen (secondary N) is 1. The summed E-state index contributed by atoms with van der Waals surface area (Å²) >= 11 is 4.95. The maximum absolute atomic E-state index is 12.2. The smallest absolute Gasteiger partial charge is 0.216 e. The van der Waals surface area contributed by atoms with Gasteiger partial charge in [0, 0.05) is 11.6 Å². The molecule has 0 fully saturated rings. The molecule has 1 rings (SSSR count). The van der Waals surface area contributed by atoms with E-state index in [0.717, 1.165) is 19.3 Å². The Morgan fingerprint density at radius 2 is 2.05 bits per heavy atom. The Morgan fingerprint density at radius 1 is 1.40 bits per heavy atom. The van der Waals surface area contributed by atoms with Crippen LogP contribution in [0.5, 0.6) is 0 Å². The molecule has 0 heterocycles. The van der Waals surface area contributed by atoms with Crippen LogP contribution in [-0.4, -0.2) is 19.4 Å². The van der Waals surface area contributed by atoms with E-state index in [9.17, 15) is 8.42 Å². The van der Waals surface area contributed by atoms with Gasteiger partial charge in [-0.3, -0.25) is 0 Å². The number of benzene rings is 1. The van der Waals surface area contributed by atoms with Gasteiger partial charge in [-0.2, -0.15) is 0 Å². The van der Waals surface area contributed by atoms with E-state index in [1.807, 2.05) is 6.92 Å². The first kappa shape index (κ1) is 17.1. The van der Waals surface area contributed by atoms with Crippen LogP contribution in [0.25, 0.3) is 0 Å². The van der Waals surface area contributed by atoms with Crippen molar-refractivity contribution in [1.82, 2.24) is 4.72 Å². The number of unbranched alkanes of at least 4 members (excludes halogenated alkanes) is 1. The predicted octanol–water partition coefficient (Wildman–Crippen LogP) is 2.32. The Hall–Kier alpha value is -0.980. The summed E-state index contributed by atoms with van der Waals surface area (Å²) in [6.07, 6.45) is 2.90. The second-order valence-corrected chi connectivity index (χ2v) is 7.14. The maximum Gasteiger partial charge on any atom is 0.216 e.